The molecule has 1 N–H and O–H groups in total. The van der Waals surface area contributed by atoms with Crippen molar-refractivity contribution >= 4 is 43.0 Å². The number of hydrogen-bond donors (Lipinski definition) is 1. The number of anilines is 1. The van der Waals surface area contributed by atoms with Crippen LogP contribution in [-0.2, 0) is 10.0 Å². The Morgan fingerprint density at radius 3 is 2.16 bits per heavy atom. The fourth-order valence-corrected chi connectivity index (χ4v) is 4.35. The van der Waals surface area contributed by atoms with Crippen molar-refractivity contribution in [2.75, 3.05) is 4.72 Å². The summed E-state index contributed by atoms with van der Waals surface area (Å²) < 4.78 is 65.3. The lowest BCUT2D eigenvalue weighted by atomic mass is 10.3. The van der Waals surface area contributed by atoms with E-state index in [-0.39, 0.29) is 4.21 Å². The number of hydrogen-bond acceptors (Lipinski definition) is 3. The van der Waals surface area contributed by atoms with Gasteiger partial charge in [-0.05, 0) is 28.1 Å². The molecule has 0 aliphatic heterocycles. The van der Waals surface area contributed by atoms with Crippen LogP contribution < -0.4 is 4.72 Å². The van der Waals surface area contributed by atoms with Crippen LogP contribution in [0.25, 0.3) is 0 Å². The highest BCUT2D eigenvalue weighted by atomic mass is 79.9. The molecule has 0 saturated carbocycles. The van der Waals surface area contributed by atoms with Crippen molar-refractivity contribution in [2.24, 2.45) is 0 Å². The molecule has 0 aliphatic carbocycles. The molecule has 3 nitrogen and oxygen atoms in total. The fourth-order valence-electron chi connectivity index (χ4n) is 1.27. The van der Waals surface area contributed by atoms with Gasteiger partial charge in [0, 0.05) is 12.1 Å². The van der Waals surface area contributed by atoms with Gasteiger partial charge in [-0.3, -0.25) is 4.72 Å². The first-order valence-electron chi connectivity index (χ1n) is 4.72. The van der Waals surface area contributed by atoms with Crippen LogP contribution in [0.3, 0.4) is 0 Å². The Morgan fingerprint density at radius 1 is 1.11 bits per heavy atom. The van der Waals surface area contributed by atoms with E-state index in [4.69, 9.17) is 0 Å². The van der Waals surface area contributed by atoms with Crippen LogP contribution in [0.2, 0.25) is 0 Å². The third-order valence-electron chi connectivity index (χ3n) is 2.06. The molecule has 0 aliphatic rings. The molecule has 2 rings (SSSR count). The van der Waals surface area contributed by atoms with Crippen molar-refractivity contribution < 1.29 is 21.6 Å². The second kappa shape index (κ2) is 5.14. The molecule has 1 aromatic carbocycles. The molecule has 0 fully saturated rings. The lowest BCUT2D eigenvalue weighted by Crippen LogP contribution is -2.14. The van der Waals surface area contributed by atoms with E-state index in [1.165, 1.54) is 12.1 Å². The predicted molar refractivity (Wildman–Crippen MR) is 69.1 cm³/mol. The van der Waals surface area contributed by atoms with Crippen LogP contribution in [0.4, 0.5) is 18.9 Å². The molecule has 0 amide bonds. The van der Waals surface area contributed by atoms with Gasteiger partial charge in [0.15, 0.2) is 11.6 Å². The minimum absolute atomic E-state index is 0.123. The van der Waals surface area contributed by atoms with Crippen LogP contribution in [0.1, 0.15) is 0 Å². The Balaban J connectivity index is 2.41. The Bertz CT molecular complexity index is 707. The summed E-state index contributed by atoms with van der Waals surface area (Å²) in [5.74, 6) is -3.77. The largest absolute Gasteiger partial charge is 0.273 e. The normalized spacial score (nSPS) is 11.6. The Kier molecular flexibility index (Phi) is 3.88. The summed E-state index contributed by atoms with van der Waals surface area (Å²) >= 11 is 3.95. The fraction of sp³-hybridized carbons (Fsp3) is 0. The zero-order valence-electron chi connectivity index (χ0n) is 8.95. The lowest BCUT2D eigenvalue weighted by molar-refractivity contribution is 0.547. The van der Waals surface area contributed by atoms with E-state index in [1.54, 1.807) is 4.72 Å². The Labute approximate surface area is 119 Å². The van der Waals surface area contributed by atoms with E-state index < -0.39 is 33.2 Å². The second-order valence-corrected chi connectivity index (χ2v) is 7.78. The number of benzene rings is 1. The first kappa shape index (κ1) is 14.4. The maximum atomic E-state index is 13.3. The molecule has 2 aromatic rings. The number of thiophene rings is 1. The molecule has 1 heterocycles. The SMILES string of the molecule is O=S(=O)(Nc1c(F)cc(F)cc1F)c1ccc(Br)s1. The molecule has 0 saturated heterocycles. The summed E-state index contributed by atoms with van der Waals surface area (Å²) in [6.45, 7) is 0. The van der Waals surface area contributed by atoms with E-state index in [1.807, 2.05) is 0 Å². The van der Waals surface area contributed by atoms with Gasteiger partial charge < -0.3 is 0 Å². The summed E-state index contributed by atoms with van der Waals surface area (Å²) in [6, 6.07) is 3.55. The van der Waals surface area contributed by atoms with E-state index >= 15 is 0 Å². The van der Waals surface area contributed by atoms with E-state index in [9.17, 15) is 21.6 Å². The average Bonchev–Trinajstić information content (AvgIpc) is 2.71. The zero-order valence-corrected chi connectivity index (χ0v) is 12.2. The molecule has 0 bridgehead atoms. The zero-order chi connectivity index (χ0) is 14.2. The van der Waals surface area contributed by atoms with Crippen LogP contribution in [0.15, 0.2) is 32.3 Å². The van der Waals surface area contributed by atoms with Gasteiger partial charge >= 0.3 is 0 Å². The van der Waals surface area contributed by atoms with E-state index in [0.29, 0.717) is 15.9 Å². The van der Waals surface area contributed by atoms with Crippen LogP contribution in [0, 0.1) is 17.5 Å². The van der Waals surface area contributed by atoms with Gasteiger partial charge in [-0.15, -0.1) is 11.3 Å². The first-order chi connectivity index (χ1) is 8.79. The number of sulfonamides is 1. The molecular formula is C10H5BrF3NO2S2. The molecular weight excluding hydrogens is 367 g/mol. The number of rotatable bonds is 3. The Morgan fingerprint density at radius 2 is 1.68 bits per heavy atom. The van der Waals surface area contributed by atoms with Crippen molar-refractivity contribution in [3.05, 3.63) is 45.5 Å². The van der Waals surface area contributed by atoms with Crippen molar-refractivity contribution in [3.8, 4) is 0 Å². The third kappa shape index (κ3) is 3.10. The van der Waals surface area contributed by atoms with Crippen LogP contribution in [0.5, 0.6) is 0 Å². The topological polar surface area (TPSA) is 46.2 Å². The smallest absolute Gasteiger partial charge is 0.271 e. The average molecular weight is 372 g/mol. The lowest BCUT2D eigenvalue weighted by Gasteiger charge is -2.08. The summed E-state index contributed by atoms with van der Waals surface area (Å²) in [6.07, 6.45) is 0. The Hall–Kier alpha value is -1.06. The minimum atomic E-state index is -4.11. The van der Waals surface area contributed by atoms with Crippen molar-refractivity contribution in [1.29, 1.82) is 0 Å². The summed E-state index contributed by atoms with van der Waals surface area (Å²) in [5.41, 5.74) is -0.911. The summed E-state index contributed by atoms with van der Waals surface area (Å²) in [5, 5.41) is 0. The standard InChI is InChI=1S/C10H5BrF3NO2S2/c11-8-1-2-9(18-8)19(16,17)15-10-6(13)3-5(12)4-7(10)14/h1-4,15H. The maximum absolute atomic E-state index is 13.3. The quantitative estimate of drug-likeness (QED) is 0.893. The van der Waals surface area contributed by atoms with Gasteiger partial charge in [0.05, 0.1) is 3.79 Å². The second-order valence-electron chi connectivity index (χ2n) is 3.41. The minimum Gasteiger partial charge on any atom is -0.273 e. The predicted octanol–water partition coefficient (Wildman–Crippen LogP) is 3.73. The van der Waals surface area contributed by atoms with Gasteiger partial charge in [0.2, 0.25) is 0 Å². The maximum Gasteiger partial charge on any atom is 0.271 e. The van der Waals surface area contributed by atoms with Crippen molar-refractivity contribution in [2.45, 2.75) is 4.21 Å². The highest BCUT2D eigenvalue weighted by molar-refractivity contribution is 9.11. The highest BCUT2D eigenvalue weighted by Crippen LogP contribution is 2.29. The van der Waals surface area contributed by atoms with Gasteiger partial charge in [0.25, 0.3) is 10.0 Å². The van der Waals surface area contributed by atoms with Crippen LogP contribution in [-0.4, -0.2) is 8.42 Å². The molecule has 102 valence electrons. The van der Waals surface area contributed by atoms with Gasteiger partial charge in [-0.25, -0.2) is 21.6 Å². The molecule has 19 heavy (non-hydrogen) atoms. The van der Waals surface area contributed by atoms with E-state index in [2.05, 4.69) is 15.9 Å². The van der Waals surface area contributed by atoms with Crippen LogP contribution >= 0.6 is 27.3 Å². The molecule has 0 atom stereocenters. The third-order valence-corrected chi connectivity index (χ3v) is 5.52. The highest BCUT2D eigenvalue weighted by Gasteiger charge is 2.21. The molecule has 0 unspecified atom stereocenters. The first-order valence-corrected chi connectivity index (χ1v) is 7.81. The van der Waals surface area contributed by atoms with Gasteiger partial charge in [-0.2, -0.15) is 0 Å². The van der Waals surface area contributed by atoms with Crippen molar-refractivity contribution in [1.82, 2.24) is 0 Å². The summed E-state index contributed by atoms with van der Waals surface area (Å²) in [7, 11) is -4.11. The molecule has 9 heteroatoms. The number of nitrogens with one attached hydrogen (secondary N) is 1. The summed E-state index contributed by atoms with van der Waals surface area (Å²) in [4.78, 5) is 0. The molecule has 0 radical (unpaired) electrons. The van der Waals surface area contributed by atoms with E-state index in [0.717, 1.165) is 11.3 Å². The van der Waals surface area contributed by atoms with Gasteiger partial charge in [-0.1, -0.05) is 0 Å². The molecule has 1 aromatic heterocycles. The molecule has 0 spiro atoms. The monoisotopic (exact) mass is 371 g/mol. The number of halogens is 4. The van der Waals surface area contributed by atoms with Gasteiger partial charge in [0.1, 0.15) is 15.7 Å². The van der Waals surface area contributed by atoms with Crippen molar-refractivity contribution in [3.63, 3.8) is 0 Å².